The summed E-state index contributed by atoms with van der Waals surface area (Å²) in [5.41, 5.74) is -0.0573. The Morgan fingerprint density at radius 2 is 2.00 bits per heavy atom. The molecule has 0 aliphatic carbocycles. The number of carboxylic acids is 1. The number of fused-ring (bicyclic) bond motifs is 1. The average molecular weight is 258 g/mol. The number of hydrogen-bond donors (Lipinski definition) is 2. The summed E-state index contributed by atoms with van der Waals surface area (Å²) >= 11 is 11.7. The molecule has 1 aromatic carbocycles. The van der Waals surface area contributed by atoms with Crippen LogP contribution in [0.1, 0.15) is 10.4 Å². The third-order valence-electron chi connectivity index (χ3n) is 2.13. The van der Waals surface area contributed by atoms with Crippen LogP contribution in [0.4, 0.5) is 0 Å². The number of carboxylic acid groups (broad SMARTS) is 1. The fourth-order valence-electron chi connectivity index (χ4n) is 1.43. The van der Waals surface area contributed by atoms with E-state index in [2.05, 4.69) is 4.98 Å². The molecule has 2 aromatic rings. The van der Waals surface area contributed by atoms with E-state index in [1.54, 1.807) is 0 Å². The molecule has 2 N–H and O–H groups in total. The van der Waals surface area contributed by atoms with Crippen molar-refractivity contribution in [3.63, 3.8) is 0 Å². The summed E-state index contributed by atoms with van der Waals surface area (Å²) in [6, 6.07) is 4.10. The summed E-state index contributed by atoms with van der Waals surface area (Å²) in [6.07, 6.45) is 0. The Balaban J connectivity index is 2.94. The standard InChI is InChI=1S/C10H5Cl2NO3/c11-5-3-6-4(1-2-7(14)13-6)9(12)8(5)10(15)16/h1-3H,(H,13,14)(H,15,16). The molecule has 1 aromatic heterocycles. The van der Waals surface area contributed by atoms with Gasteiger partial charge in [-0.3, -0.25) is 4.79 Å². The number of pyridine rings is 1. The molecule has 1 heterocycles. The average Bonchev–Trinajstić information content (AvgIpc) is 2.15. The van der Waals surface area contributed by atoms with E-state index < -0.39 is 5.97 Å². The molecule has 0 aliphatic heterocycles. The Labute approximate surface area is 99.4 Å². The van der Waals surface area contributed by atoms with E-state index >= 15 is 0 Å². The van der Waals surface area contributed by atoms with E-state index in [4.69, 9.17) is 28.3 Å². The van der Waals surface area contributed by atoms with Crippen molar-refractivity contribution in [2.75, 3.05) is 0 Å². The maximum Gasteiger partial charge on any atom is 0.338 e. The molecule has 0 saturated heterocycles. The number of aromatic nitrogens is 1. The SMILES string of the molecule is O=C(O)c1c(Cl)cc2[nH]c(=O)ccc2c1Cl. The number of aromatic carboxylic acids is 1. The van der Waals surface area contributed by atoms with Crippen molar-refractivity contribution in [3.05, 3.63) is 44.2 Å². The van der Waals surface area contributed by atoms with Crippen molar-refractivity contribution >= 4 is 40.1 Å². The van der Waals surface area contributed by atoms with Crippen LogP contribution >= 0.6 is 23.2 Å². The zero-order valence-electron chi connectivity index (χ0n) is 7.75. The minimum Gasteiger partial charge on any atom is -0.478 e. The van der Waals surface area contributed by atoms with Gasteiger partial charge in [-0.1, -0.05) is 23.2 Å². The van der Waals surface area contributed by atoms with Gasteiger partial charge in [-0.2, -0.15) is 0 Å². The van der Waals surface area contributed by atoms with Crippen LogP contribution < -0.4 is 5.56 Å². The van der Waals surface area contributed by atoms with Gasteiger partial charge in [0.1, 0.15) is 0 Å². The molecule has 6 heteroatoms. The smallest absolute Gasteiger partial charge is 0.338 e. The summed E-state index contributed by atoms with van der Waals surface area (Å²) < 4.78 is 0. The van der Waals surface area contributed by atoms with E-state index in [9.17, 15) is 9.59 Å². The number of H-pyrrole nitrogens is 1. The van der Waals surface area contributed by atoms with Crippen molar-refractivity contribution in [3.8, 4) is 0 Å². The quantitative estimate of drug-likeness (QED) is 0.825. The molecule has 16 heavy (non-hydrogen) atoms. The highest BCUT2D eigenvalue weighted by molar-refractivity contribution is 6.42. The normalized spacial score (nSPS) is 10.6. The number of rotatable bonds is 1. The molecular formula is C10H5Cl2NO3. The molecule has 4 nitrogen and oxygen atoms in total. The first-order valence-electron chi connectivity index (χ1n) is 4.25. The largest absolute Gasteiger partial charge is 0.478 e. The molecule has 0 amide bonds. The van der Waals surface area contributed by atoms with Gasteiger partial charge >= 0.3 is 5.97 Å². The van der Waals surface area contributed by atoms with Crippen LogP contribution in [0.2, 0.25) is 10.0 Å². The maximum atomic E-state index is 11.1. The highest BCUT2D eigenvalue weighted by atomic mass is 35.5. The summed E-state index contributed by atoms with van der Waals surface area (Å²) in [5.74, 6) is -1.21. The van der Waals surface area contributed by atoms with Gasteiger partial charge in [0.15, 0.2) is 0 Å². The van der Waals surface area contributed by atoms with Gasteiger partial charge < -0.3 is 10.1 Å². The minimum absolute atomic E-state index is 0.00755. The summed E-state index contributed by atoms with van der Waals surface area (Å²) in [4.78, 5) is 24.5. The van der Waals surface area contributed by atoms with Gasteiger partial charge in [0.2, 0.25) is 5.56 Å². The van der Waals surface area contributed by atoms with Crippen molar-refractivity contribution in [1.82, 2.24) is 4.98 Å². The predicted octanol–water partition coefficient (Wildman–Crippen LogP) is 2.53. The zero-order valence-corrected chi connectivity index (χ0v) is 9.26. The van der Waals surface area contributed by atoms with Crippen LogP contribution in [0.25, 0.3) is 10.9 Å². The molecule has 0 aliphatic rings. The zero-order chi connectivity index (χ0) is 11.9. The summed E-state index contributed by atoms with van der Waals surface area (Å²) in [6.45, 7) is 0. The van der Waals surface area contributed by atoms with Crippen molar-refractivity contribution in [2.24, 2.45) is 0 Å². The lowest BCUT2D eigenvalue weighted by atomic mass is 10.1. The number of halogens is 2. The molecule has 0 radical (unpaired) electrons. The molecule has 0 fully saturated rings. The number of carbonyl (C=O) groups is 1. The van der Waals surface area contributed by atoms with E-state index in [1.165, 1.54) is 18.2 Å². The van der Waals surface area contributed by atoms with E-state index in [1.807, 2.05) is 0 Å². The Bertz CT molecular complexity index is 648. The lowest BCUT2D eigenvalue weighted by molar-refractivity contribution is 0.0697. The van der Waals surface area contributed by atoms with E-state index in [-0.39, 0.29) is 21.2 Å². The number of benzene rings is 1. The first-order chi connectivity index (χ1) is 7.50. The molecule has 82 valence electrons. The molecule has 0 spiro atoms. The minimum atomic E-state index is -1.21. The van der Waals surface area contributed by atoms with Crippen molar-refractivity contribution in [1.29, 1.82) is 0 Å². The van der Waals surface area contributed by atoms with Crippen LogP contribution in [-0.4, -0.2) is 16.1 Å². The topological polar surface area (TPSA) is 70.2 Å². The second-order valence-corrected chi connectivity index (χ2v) is 3.92. The fraction of sp³-hybridized carbons (Fsp3) is 0. The van der Waals surface area contributed by atoms with E-state index in [0.717, 1.165) is 0 Å². The summed E-state index contributed by atoms with van der Waals surface area (Å²) in [5, 5.41) is 9.38. The van der Waals surface area contributed by atoms with Gasteiger partial charge in [-0.15, -0.1) is 0 Å². The summed E-state index contributed by atoms with van der Waals surface area (Å²) in [7, 11) is 0. The maximum absolute atomic E-state index is 11.1. The van der Waals surface area contributed by atoms with Gasteiger partial charge in [0.25, 0.3) is 0 Å². The van der Waals surface area contributed by atoms with Crippen LogP contribution in [0.5, 0.6) is 0 Å². The molecule has 0 saturated carbocycles. The number of hydrogen-bond acceptors (Lipinski definition) is 2. The van der Waals surface area contributed by atoms with Crippen LogP contribution in [0, 0.1) is 0 Å². The molecule has 0 unspecified atom stereocenters. The molecule has 0 bridgehead atoms. The monoisotopic (exact) mass is 257 g/mol. The Hall–Kier alpha value is -1.52. The van der Waals surface area contributed by atoms with Gasteiger partial charge in [-0.25, -0.2) is 4.79 Å². The van der Waals surface area contributed by atoms with Crippen LogP contribution in [-0.2, 0) is 0 Å². The van der Waals surface area contributed by atoms with Gasteiger partial charge in [0, 0.05) is 11.5 Å². The van der Waals surface area contributed by atoms with Gasteiger partial charge in [0.05, 0.1) is 21.1 Å². The Kier molecular flexibility index (Phi) is 2.61. The highest BCUT2D eigenvalue weighted by Crippen LogP contribution is 2.31. The fourth-order valence-corrected chi connectivity index (χ4v) is 2.11. The second-order valence-electron chi connectivity index (χ2n) is 3.14. The van der Waals surface area contributed by atoms with E-state index in [0.29, 0.717) is 10.9 Å². The lowest BCUT2D eigenvalue weighted by Gasteiger charge is -2.05. The number of nitrogens with one attached hydrogen (secondary N) is 1. The van der Waals surface area contributed by atoms with Crippen molar-refractivity contribution < 1.29 is 9.90 Å². The molecular weight excluding hydrogens is 253 g/mol. The third-order valence-corrected chi connectivity index (χ3v) is 2.82. The Morgan fingerprint density at radius 1 is 1.31 bits per heavy atom. The van der Waals surface area contributed by atoms with Crippen LogP contribution in [0.15, 0.2) is 23.0 Å². The third kappa shape index (κ3) is 1.66. The predicted molar refractivity (Wildman–Crippen MR) is 61.5 cm³/mol. The first kappa shape index (κ1) is 11.0. The van der Waals surface area contributed by atoms with Crippen LogP contribution in [0.3, 0.4) is 0 Å². The molecule has 0 atom stereocenters. The first-order valence-corrected chi connectivity index (χ1v) is 5.00. The van der Waals surface area contributed by atoms with Crippen molar-refractivity contribution in [2.45, 2.75) is 0 Å². The number of aromatic amines is 1. The highest BCUT2D eigenvalue weighted by Gasteiger charge is 2.16. The second kappa shape index (κ2) is 3.81. The molecule has 2 rings (SSSR count). The van der Waals surface area contributed by atoms with Gasteiger partial charge in [-0.05, 0) is 12.1 Å². The lowest BCUT2D eigenvalue weighted by Crippen LogP contribution is -2.05. The Morgan fingerprint density at radius 3 is 2.62 bits per heavy atom.